The number of benzene rings is 2. The van der Waals surface area contributed by atoms with E-state index in [0.717, 1.165) is 17.9 Å². The van der Waals surface area contributed by atoms with E-state index in [1.807, 2.05) is 36.4 Å². The molecule has 3 rings (SSSR count). The Labute approximate surface area is 170 Å². The molecule has 0 saturated carbocycles. The van der Waals surface area contributed by atoms with Gasteiger partial charge in [-0.15, -0.1) is 0 Å². The number of nitrogens with zero attached hydrogens (tertiary/aromatic N) is 2. The van der Waals surface area contributed by atoms with E-state index in [1.165, 1.54) is 18.0 Å². The van der Waals surface area contributed by atoms with Gasteiger partial charge in [0.05, 0.1) is 19.2 Å². The summed E-state index contributed by atoms with van der Waals surface area (Å²) >= 11 is 0. The van der Waals surface area contributed by atoms with E-state index in [9.17, 15) is 4.79 Å². The molecule has 150 valence electrons. The number of rotatable bonds is 9. The van der Waals surface area contributed by atoms with Crippen LogP contribution >= 0.6 is 0 Å². The molecule has 2 N–H and O–H groups in total. The lowest BCUT2D eigenvalue weighted by molar-refractivity contribution is 0.0946. The fourth-order valence-corrected chi connectivity index (χ4v) is 2.57. The number of aromatic nitrogens is 2. The highest BCUT2D eigenvalue weighted by Gasteiger charge is 2.07. The Morgan fingerprint density at radius 2 is 1.62 bits per heavy atom. The van der Waals surface area contributed by atoms with Gasteiger partial charge in [-0.2, -0.15) is 0 Å². The van der Waals surface area contributed by atoms with Crippen molar-refractivity contribution in [3.05, 3.63) is 72.1 Å². The highest BCUT2D eigenvalue weighted by Crippen LogP contribution is 2.17. The number of nitrogens with one attached hydrogen (secondary N) is 2. The number of amides is 1. The van der Waals surface area contributed by atoms with E-state index in [0.29, 0.717) is 30.4 Å². The van der Waals surface area contributed by atoms with Crippen LogP contribution in [0.25, 0.3) is 0 Å². The lowest BCUT2D eigenvalue weighted by Crippen LogP contribution is -2.28. The Kier molecular flexibility index (Phi) is 7.00. The second-order valence-electron chi connectivity index (χ2n) is 6.25. The van der Waals surface area contributed by atoms with E-state index < -0.39 is 0 Å². The maximum atomic E-state index is 12.2. The molecule has 7 heteroatoms. The number of carbonyl (C=O) groups is 1. The molecule has 0 bridgehead atoms. The molecule has 0 aliphatic rings. The van der Waals surface area contributed by atoms with Crippen molar-refractivity contribution in [1.82, 2.24) is 15.3 Å². The van der Waals surface area contributed by atoms with Gasteiger partial charge >= 0.3 is 0 Å². The average molecular weight is 392 g/mol. The average Bonchev–Trinajstić information content (AvgIpc) is 2.78. The number of anilines is 2. The van der Waals surface area contributed by atoms with Crippen LogP contribution in [-0.2, 0) is 6.42 Å². The zero-order chi connectivity index (χ0) is 20.5. The summed E-state index contributed by atoms with van der Waals surface area (Å²) in [6.45, 7) is 2.83. The van der Waals surface area contributed by atoms with Gasteiger partial charge < -0.3 is 20.1 Å². The molecule has 0 aliphatic heterocycles. The van der Waals surface area contributed by atoms with Gasteiger partial charge in [0, 0.05) is 18.1 Å². The van der Waals surface area contributed by atoms with Crippen LogP contribution in [-0.4, -0.2) is 36.1 Å². The van der Waals surface area contributed by atoms with Crippen molar-refractivity contribution >= 4 is 17.5 Å². The number of methoxy groups -OCH3 is 1. The number of aryl methyl sites for hydroxylation is 1. The van der Waals surface area contributed by atoms with Crippen molar-refractivity contribution in [2.45, 2.75) is 13.3 Å². The summed E-state index contributed by atoms with van der Waals surface area (Å²) in [7, 11) is 1.61. The molecule has 1 amide bonds. The third-order valence-corrected chi connectivity index (χ3v) is 4.25. The van der Waals surface area contributed by atoms with Gasteiger partial charge in [-0.1, -0.05) is 19.1 Å². The van der Waals surface area contributed by atoms with Gasteiger partial charge in [-0.25, -0.2) is 9.97 Å². The van der Waals surface area contributed by atoms with Crippen LogP contribution in [0.5, 0.6) is 11.5 Å². The van der Waals surface area contributed by atoms with Crippen LogP contribution in [0.15, 0.2) is 60.9 Å². The van der Waals surface area contributed by atoms with Crippen LogP contribution in [0.2, 0.25) is 0 Å². The molecule has 0 saturated heterocycles. The predicted molar refractivity (Wildman–Crippen MR) is 112 cm³/mol. The Hall–Kier alpha value is -3.61. The second-order valence-corrected chi connectivity index (χ2v) is 6.25. The van der Waals surface area contributed by atoms with Gasteiger partial charge in [0.15, 0.2) is 0 Å². The maximum Gasteiger partial charge on any atom is 0.254 e. The summed E-state index contributed by atoms with van der Waals surface area (Å²) in [6, 6.07) is 15.3. The smallest absolute Gasteiger partial charge is 0.254 e. The molecule has 29 heavy (non-hydrogen) atoms. The van der Waals surface area contributed by atoms with E-state index >= 15 is 0 Å². The van der Waals surface area contributed by atoms with Gasteiger partial charge in [0.1, 0.15) is 18.1 Å². The number of hydrogen-bond donors (Lipinski definition) is 2. The highest BCUT2D eigenvalue weighted by atomic mass is 16.5. The van der Waals surface area contributed by atoms with Crippen LogP contribution in [0.3, 0.4) is 0 Å². The van der Waals surface area contributed by atoms with Crippen LogP contribution < -0.4 is 20.1 Å². The number of ether oxygens (including phenoxy) is 2. The zero-order valence-corrected chi connectivity index (χ0v) is 16.5. The molecule has 7 nitrogen and oxygen atoms in total. The predicted octanol–water partition coefficient (Wildman–Crippen LogP) is 3.60. The molecule has 0 aliphatic carbocycles. The molecule has 3 aromatic rings. The van der Waals surface area contributed by atoms with Crippen molar-refractivity contribution in [3.8, 4) is 11.5 Å². The topological polar surface area (TPSA) is 85.4 Å². The second kappa shape index (κ2) is 10.1. The fourth-order valence-electron chi connectivity index (χ4n) is 2.57. The Morgan fingerprint density at radius 3 is 2.24 bits per heavy atom. The summed E-state index contributed by atoms with van der Waals surface area (Å²) in [5.41, 5.74) is 2.55. The van der Waals surface area contributed by atoms with Crippen LogP contribution in [0, 0.1) is 0 Å². The van der Waals surface area contributed by atoms with Gasteiger partial charge in [0.25, 0.3) is 5.91 Å². The number of carbonyl (C=O) groups excluding carboxylic acids is 1. The van der Waals surface area contributed by atoms with E-state index in [1.54, 1.807) is 7.11 Å². The van der Waals surface area contributed by atoms with Gasteiger partial charge in [0.2, 0.25) is 5.95 Å². The molecule has 0 radical (unpaired) electrons. The molecule has 0 spiro atoms. The van der Waals surface area contributed by atoms with Crippen molar-refractivity contribution in [2.24, 2.45) is 0 Å². The molecule has 2 aromatic carbocycles. The Bertz CT molecular complexity index is 910. The molecule has 1 aromatic heterocycles. The standard InChI is InChI=1S/C22H24N4O3/c1-3-16-4-6-18(7-5-16)26-22-24-14-17(15-25-22)21(27)23-12-13-29-20-10-8-19(28-2)9-11-20/h4-11,14-15H,3,12-13H2,1-2H3,(H,23,27)(H,24,25,26). The van der Waals surface area contributed by atoms with E-state index in [2.05, 4.69) is 39.7 Å². The molecule has 0 unspecified atom stereocenters. The van der Waals surface area contributed by atoms with Crippen LogP contribution in [0.4, 0.5) is 11.6 Å². The summed E-state index contributed by atoms with van der Waals surface area (Å²) in [5.74, 6) is 1.67. The first-order valence-corrected chi connectivity index (χ1v) is 9.41. The zero-order valence-electron chi connectivity index (χ0n) is 16.5. The largest absolute Gasteiger partial charge is 0.497 e. The minimum Gasteiger partial charge on any atom is -0.497 e. The van der Waals surface area contributed by atoms with Crippen molar-refractivity contribution < 1.29 is 14.3 Å². The first-order valence-electron chi connectivity index (χ1n) is 9.41. The minimum absolute atomic E-state index is 0.248. The monoisotopic (exact) mass is 392 g/mol. The maximum absolute atomic E-state index is 12.2. The third-order valence-electron chi connectivity index (χ3n) is 4.25. The third kappa shape index (κ3) is 5.93. The lowest BCUT2D eigenvalue weighted by atomic mass is 10.1. The van der Waals surface area contributed by atoms with Crippen LogP contribution in [0.1, 0.15) is 22.8 Å². The molecular formula is C22H24N4O3. The summed E-state index contributed by atoms with van der Waals surface area (Å²) in [4.78, 5) is 20.6. The van der Waals surface area contributed by atoms with Crippen molar-refractivity contribution in [3.63, 3.8) is 0 Å². The SMILES string of the molecule is CCc1ccc(Nc2ncc(C(=O)NCCOc3ccc(OC)cc3)cn2)cc1. The van der Waals surface area contributed by atoms with E-state index in [4.69, 9.17) is 9.47 Å². The quantitative estimate of drug-likeness (QED) is 0.541. The van der Waals surface area contributed by atoms with Crippen molar-refractivity contribution in [2.75, 3.05) is 25.6 Å². The van der Waals surface area contributed by atoms with Gasteiger partial charge in [-0.3, -0.25) is 4.79 Å². The fraction of sp³-hybridized carbons (Fsp3) is 0.227. The minimum atomic E-state index is -0.248. The highest BCUT2D eigenvalue weighted by molar-refractivity contribution is 5.93. The van der Waals surface area contributed by atoms with Crippen molar-refractivity contribution in [1.29, 1.82) is 0 Å². The molecule has 0 atom stereocenters. The lowest BCUT2D eigenvalue weighted by Gasteiger charge is -2.09. The summed E-state index contributed by atoms with van der Waals surface area (Å²) in [5, 5.41) is 5.90. The first-order chi connectivity index (χ1) is 14.2. The first kappa shape index (κ1) is 20.1. The molecular weight excluding hydrogens is 368 g/mol. The van der Waals surface area contributed by atoms with E-state index in [-0.39, 0.29) is 5.91 Å². The normalized spacial score (nSPS) is 10.3. The Balaban J connectivity index is 1.44. The Morgan fingerprint density at radius 1 is 0.966 bits per heavy atom. The number of hydrogen-bond acceptors (Lipinski definition) is 6. The summed E-state index contributed by atoms with van der Waals surface area (Å²) < 4.78 is 10.7. The summed E-state index contributed by atoms with van der Waals surface area (Å²) in [6.07, 6.45) is 3.98. The molecule has 1 heterocycles. The van der Waals surface area contributed by atoms with Gasteiger partial charge in [-0.05, 0) is 48.4 Å². The molecule has 0 fully saturated rings.